The van der Waals surface area contributed by atoms with Crippen LogP contribution < -0.4 is 4.90 Å². The predicted molar refractivity (Wildman–Crippen MR) is 72.0 cm³/mol. The number of ether oxygens (including phenoxy) is 1. The van der Waals surface area contributed by atoms with Crippen molar-refractivity contribution in [1.29, 1.82) is 0 Å². The molecule has 1 N–H and O–H groups in total. The Kier molecular flexibility index (Phi) is 4.19. The van der Waals surface area contributed by atoms with Gasteiger partial charge in [0.15, 0.2) is 0 Å². The topological polar surface area (TPSA) is 92.9 Å². The Labute approximate surface area is 115 Å². The van der Waals surface area contributed by atoms with E-state index in [9.17, 15) is 14.9 Å². The largest absolute Gasteiger partial charge is 0.481 e. The summed E-state index contributed by atoms with van der Waals surface area (Å²) in [6.07, 6.45) is -0.389. The molecule has 1 aromatic rings. The first-order valence-corrected chi connectivity index (χ1v) is 6.31. The maximum atomic E-state index is 10.8. The van der Waals surface area contributed by atoms with E-state index in [0.717, 1.165) is 5.69 Å². The van der Waals surface area contributed by atoms with Crippen LogP contribution in [0.25, 0.3) is 0 Å². The molecule has 1 atom stereocenters. The Hall–Kier alpha value is -2.15. The summed E-state index contributed by atoms with van der Waals surface area (Å²) >= 11 is 0. The van der Waals surface area contributed by atoms with Gasteiger partial charge in [-0.1, -0.05) is 0 Å². The lowest BCUT2D eigenvalue weighted by Gasteiger charge is -2.34. The molecule has 1 unspecified atom stereocenters. The van der Waals surface area contributed by atoms with Gasteiger partial charge in [0, 0.05) is 30.4 Å². The summed E-state index contributed by atoms with van der Waals surface area (Å²) in [6.45, 7) is 3.27. The van der Waals surface area contributed by atoms with Crippen LogP contribution >= 0.6 is 0 Å². The first-order chi connectivity index (χ1) is 9.47. The smallest absolute Gasteiger partial charge is 0.306 e. The fourth-order valence-corrected chi connectivity index (χ4v) is 2.31. The third kappa shape index (κ3) is 3.24. The molecule has 0 spiro atoms. The van der Waals surface area contributed by atoms with Crippen molar-refractivity contribution in [1.82, 2.24) is 0 Å². The molecule has 1 aliphatic rings. The van der Waals surface area contributed by atoms with Gasteiger partial charge in [0.1, 0.15) is 0 Å². The van der Waals surface area contributed by atoms with Gasteiger partial charge in [0.2, 0.25) is 0 Å². The highest BCUT2D eigenvalue weighted by molar-refractivity contribution is 5.67. The Morgan fingerprint density at radius 3 is 2.95 bits per heavy atom. The standard InChI is InChI=1S/C13H16N2O5/c1-9-6-10(2-3-12(9)15(18)19)14-4-5-20-11(8-14)7-13(16)17/h2-3,6,11H,4-5,7-8H2,1H3,(H,16,17). The average Bonchev–Trinajstić information content (AvgIpc) is 2.37. The van der Waals surface area contributed by atoms with E-state index < -0.39 is 10.9 Å². The van der Waals surface area contributed by atoms with Gasteiger partial charge in [-0.15, -0.1) is 0 Å². The van der Waals surface area contributed by atoms with Crippen molar-refractivity contribution in [2.75, 3.05) is 24.6 Å². The second kappa shape index (κ2) is 5.87. The average molecular weight is 280 g/mol. The number of aliphatic carboxylic acids is 1. The minimum absolute atomic E-state index is 0.0392. The Balaban J connectivity index is 2.13. The minimum atomic E-state index is -0.892. The number of nitro benzene ring substituents is 1. The first kappa shape index (κ1) is 14.3. The van der Waals surface area contributed by atoms with Crippen molar-refractivity contribution in [2.24, 2.45) is 0 Å². The van der Waals surface area contributed by atoms with E-state index in [1.165, 1.54) is 6.07 Å². The lowest BCUT2D eigenvalue weighted by atomic mass is 10.1. The molecule has 0 aromatic heterocycles. The van der Waals surface area contributed by atoms with Crippen LogP contribution in [0.15, 0.2) is 18.2 Å². The van der Waals surface area contributed by atoms with Crippen LogP contribution in [0.3, 0.4) is 0 Å². The van der Waals surface area contributed by atoms with Gasteiger partial charge in [0.25, 0.3) is 5.69 Å². The monoisotopic (exact) mass is 280 g/mol. The molecular formula is C13H16N2O5. The highest BCUT2D eigenvalue weighted by Gasteiger charge is 2.23. The van der Waals surface area contributed by atoms with Crippen LogP contribution in [0.2, 0.25) is 0 Å². The second-order valence-electron chi connectivity index (χ2n) is 4.76. The first-order valence-electron chi connectivity index (χ1n) is 6.31. The molecule has 0 bridgehead atoms. The molecule has 108 valence electrons. The van der Waals surface area contributed by atoms with Crippen molar-refractivity contribution in [3.8, 4) is 0 Å². The van der Waals surface area contributed by atoms with Crippen molar-refractivity contribution in [2.45, 2.75) is 19.4 Å². The zero-order valence-electron chi connectivity index (χ0n) is 11.1. The molecule has 1 aromatic carbocycles. The summed E-state index contributed by atoms with van der Waals surface area (Å²) in [4.78, 5) is 23.1. The van der Waals surface area contributed by atoms with Gasteiger partial charge in [-0.3, -0.25) is 14.9 Å². The van der Waals surface area contributed by atoms with Gasteiger partial charge in [-0.05, 0) is 19.1 Å². The molecule has 7 nitrogen and oxygen atoms in total. The number of rotatable bonds is 4. The van der Waals surface area contributed by atoms with Crippen molar-refractivity contribution >= 4 is 17.3 Å². The molecular weight excluding hydrogens is 264 g/mol. The summed E-state index contributed by atoms with van der Waals surface area (Å²) in [7, 11) is 0. The highest BCUT2D eigenvalue weighted by atomic mass is 16.6. The fraction of sp³-hybridized carbons (Fsp3) is 0.462. The van der Waals surface area contributed by atoms with Crippen LogP contribution in [0, 0.1) is 17.0 Å². The van der Waals surface area contributed by atoms with E-state index in [1.54, 1.807) is 19.1 Å². The Bertz CT molecular complexity index is 531. The number of carboxylic acids is 1. The van der Waals surface area contributed by atoms with Crippen LogP contribution in [0.1, 0.15) is 12.0 Å². The highest BCUT2D eigenvalue weighted by Crippen LogP contribution is 2.25. The Morgan fingerprint density at radius 1 is 1.60 bits per heavy atom. The lowest BCUT2D eigenvalue weighted by Crippen LogP contribution is -2.43. The number of hydrogen-bond acceptors (Lipinski definition) is 5. The van der Waals surface area contributed by atoms with Crippen LogP contribution in [0.4, 0.5) is 11.4 Å². The van der Waals surface area contributed by atoms with Gasteiger partial charge < -0.3 is 14.7 Å². The summed E-state index contributed by atoms with van der Waals surface area (Å²) < 4.78 is 5.40. The molecule has 20 heavy (non-hydrogen) atoms. The van der Waals surface area contributed by atoms with E-state index in [1.807, 2.05) is 4.90 Å². The molecule has 1 heterocycles. The molecule has 1 aliphatic heterocycles. The number of nitro groups is 1. The van der Waals surface area contributed by atoms with Gasteiger partial charge in [0.05, 0.1) is 24.1 Å². The number of carboxylic acid groups (broad SMARTS) is 1. The summed E-state index contributed by atoms with van der Waals surface area (Å²) in [5.41, 5.74) is 1.53. The van der Waals surface area contributed by atoms with Crippen LogP contribution in [-0.2, 0) is 9.53 Å². The normalized spacial score (nSPS) is 18.9. The maximum absolute atomic E-state index is 10.8. The van der Waals surface area contributed by atoms with Gasteiger partial charge in [-0.2, -0.15) is 0 Å². The van der Waals surface area contributed by atoms with E-state index in [4.69, 9.17) is 9.84 Å². The maximum Gasteiger partial charge on any atom is 0.306 e. The third-order valence-corrected chi connectivity index (χ3v) is 3.28. The molecule has 0 saturated carbocycles. The number of aryl methyl sites for hydroxylation is 1. The van der Waals surface area contributed by atoms with E-state index in [0.29, 0.717) is 25.3 Å². The fourth-order valence-electron chi connectivity index (χ4n) is 2.31. The third-order valence-electron chi connectivity index (χ3n) is 3.28. The zero-order chi connectivity index (χ0) is 14.7. The number of benzene rings is 1. The van der Waals surface area contributed by atoms with Crippen LogP contribution in [-0.4, -0.2) is 41.8 Å². The molecule has 1 saturated heterocycles. The zero-order valence-corrected chi connectivity index (χ0v) is 11.1. The summed E-state index contributed by atoms with van der Waals surface area (Å²) in [5, 5.41) is 19.6. The van der Waals surface area contributed by atoms with Crippen molar-refractivity contribution in [3.05, 3.63) is 33.9 Å². The number of carbonyl (C=O) groups is 1. The molecule has 0 aliphatic carbocycles. The van der Waals surface area contributed by atoms with Gasteiger partial charge in [-0.25, -0.2) is 0 Å². The SMILES string of the molecule is Cc1cc(N2CCOC(CC(=O)O)C2)ccc1[N+](=O)[O-]. The number of nitrogens with zero attached hydrogens (tertiary/aromatic N) is 2. The number of hydrogen-bond donors (Lipinski definition) is 1. The summed E-state index contributed by atoms with van der Waals surface area (Å²) in [6, 6.07) is 4.92. The van der Waals surface area contributed by atoms with Crippen molar-refractivity contribution < 1.29 is 19.6 Å². The van der Waals surface area contributed by atoms with E-state index in [-0.39, 0.29) is 18.2 Å². The molecule has 1 fully saturated rings. The second-order valence-corrected chi connectivity index (χ2v) is 4.76. The van der Waals surface area contributed by atoms with Crippen molar-refractivity contribution in [3.63, 3.8) is 0 Å². The van der Waals surface area contributed by atoms with Crippen LogP contribution in [0.5, 0.6) is 0 Å². The van der Waals surface area contributed by atoms with E-state index >= 15 is 0 Å². The quantitative estimate of drug-likeness (QED) is 0.665. The summed E-state index contributed by atoms with van der Waals surface area (Å²) in [5.74, 6) is -0.892. The molecule has 2 rings (SSSR count). The predicted octanol–water partition coefficient (Wildman–Crippen LogP) is 1.58. The lowest BCUT2D eigenvalue weighted by molar-refractivity contribution is -0.385. The van der Waals surface area contributed by atoms with Gasteiger partial charge >= 0.3 is 5.97 Å². The Morgan fingerprint density at radius 2 is 2.35 bits per heavy atom. The van der Waals surface area contributed by atoms with E-state index in [2.05, 4.69) is 0 Å². The minimum Gasteiger partial charge on any atom is -0.481 e. The molecule has 7 heteroatoms. The number of morpholine rings is 1. The molecule has 0 radical (unpaired) electrons. The number of anilines is 1. The molecule has 0 amide bonds.